The van der Waals surface area contributed by atoms with Gasteiger partial charge in [0.2, 0.25) is 0 Å². The highest BCUT2D eigenvalue weighted by Gasteiger charge is 2.87. The number of hydrogen-bond donors (Lipinski definition) is 3. The molecule has 4 rings (SSSR count). The third-order valence-corrected chi connectivity index (χ3v) is 8.79. The fourth-order valence-electron chi connectivity index (χ4n) is 6.75. The summed E-state index contributed by atoms with van der Waals surface area (Å²) in [5, 5.41) is 35.3. The molecule has 0 radical (unpaired) electrons. The van der Waals surface area contributed by atoms with Gasteiger partial charge in [0, 0.05) is 31.6 Å². The van der Waals surface area contributed by atoms with Gasteiger partial charge in [0.1, 0.15) is 23.9 Å². The molecule has 2 saturated heterocycles. The fraction of sp³-hybridized carbons (Fsp3) is 0.714. The number of esters is 4. The molecule has 3 N–H and O–H groups in total. The lowest BCUT2D eigenvalue weighted by molar-refractivity contribution is -0.225. The van der Waals surface area contributed by atoms with Crippen molar-refractivity contribution >= 4 is 23.9 Å². The fourth-order valence-corrected chi connectivity index (χ4v) is 6.75. The van der Waals surface area contributed by atoms with E-state index < -0.39 is 88.6 Å². The van der Waals surface area contributed by atoms with Crippen molar-refractivity contribution in [2.45, 2.75) is 115 Å². The van der Waals surface area contributed by atoms with Crippen molar-refractivity contribution in [1.29, 1.82) is 0 Å². The molecule has 0 aromatic carbocycles. The summed E-state index contributed by atoms with van der Waals surface area (Å²) < 4.78 is 28.6. The molecule has 11 atom stereocenters. The van der Waals surface area contributed by atoms with E-state index in [1.54, 1.807) is 13.8 Å². The van der Waals surface area contributed by atoms with Crippen LogP contribution < -0.4 is 0 Å². The molecular formula is C28H38O12. The minimum atomic E-state index is -2.04. The molecule has 0 aromatic rings. The molecule has 0 saturated carbocycles. The van der Waals surface area contributed by atoms with Crippen LogP contribution in [0.4, 0.5) is 0 Å². The standard InChI is InChI=1S/C28H38O12/c1-8-9-18(31)39-20-13(2)12-17-28(27(7,40-28)24(34)38-17)23(37-15(4)30)21-25(5,22(33)19(20)32)11-10-16(26(21,6)35)36-14(3)29/h10-12,16-17,19-23,32-33,35H,8-9H2,1-7H3/b13-12-/t16-,17+,19-,20+,21-,22+,23+,25-,26-,27+,28+/m1/s1. The lowest BCUT2D eigenvalue weighted by Gasteiger charge is -2.55. The maximum absolute atomic E-state index is 13.1. The lowest BCUT2D eigenvalue weighted by atomic mass is 9.55. The van der Waals surface area contributed by atoms with E-state index in [-0.39, 0.29) is 12.0 Å². The Balaban J connectivity index is 1.99. The van der Waals surface area contributed by atoms with Crippen molar-refractivity contribution in [1.82, 2.24) is 0 Å². The molecule has 40 heavy (non-hydrogen) atoms. The van der Waals surface area contributed by atoms with Crippen LogP contribution in [0.2, 0.25) is 0 Å². The SMILES string of the molecule is CCCC(=O)O[C@H]1/C(C)=C\[C@@H]2OC(=O)[C@]3(C)O[C@]23[C@@H](OC(C)=O)[C@H]2[C@](C)(O)[C@H](OC(C)=O)C=C[C@@]2(C)[C@@H](O)[C@@H]1O. The second kappa shape index (κ2) is 9.93. The Morgan fingerprint density at radius 1 is 1.05 bits per heavy atom. The second-order valence-electron chi connectivity index (χ2n) is 11.7. The summed E-state index contributed by atoms with van der Waals surface area (Å²) in [5.41, 5.74) is -6.66. The zero-order chi connectivity index (χ0) is 30.0. The average molecular weight is 567 g/mol. The first-order valence-electron chi connectivity index (χ1n) is 13.4. The van der Waals surface area contributed by atoms with Gasteiger partial charge in [-0.1, -0.05) is 19.9 Å². The van der Waals surface area contributed by atoms with Gasteiger partial charge in [0.15, 0.2) is 23.4 Å². The minimum Gasteiger partial charge on any atom is -0.459 e. The number of aliphatic hydroxyl groups excluding tert-OH is 2. The van der Waals surface area contributed by atoms with Crippen LogP contribution in [-0.4, -0.2) is 92.6 Å². The predicted molar refractivity (Wildman–Crippen MR) is 135 cm³/mol. The molecule has 2 fully saturated rings. The van der Waals surface area contributed by atoms with Gasteiger partial charge < -0.3 is 39.0 Å². The Labute approximate surface area is 232 Å². The van der Waals surface area contributed by atoms with Gasteiger partial charge in [-0.05, 0) is 44.9 Å². The molecule has 1 spiro atoms. The first kappa shape index (κ1) is 30.2. The van der Waals surface area contributed by atoms with Gasteiger partial charge >= 0.3 is 23.9 Å². The molecule has 2 aliphatic carbocycles. The number of carbonyl (C=O) groups is 4. The highest BCUT2D eigenvalue weighted by molar-refractivity contribution is 5.89. The van der Waals surface area contributed by atoms with E-state index in [0.717, 1.165) is 13.8 Å². The molecule has 4 aliphatic rings. The molecule has 0 unspecified atom stereocenters. The second-order valence-corrected chi connectivity index (χ2v) is 11.7. The molecule has 2 aliphatic heterocycles. The lowest BCUT2D eigenvalue weighted by Crippen LogP contribution is -2.68. The molecule has 2 heterocycles. The molecule has 12 heteroatoms. The van der Waals surface area contributed by atoms with Crippen LogP contribution in [0.3, 0.4) is 0 Å². The van der Waals surface area contributed by atoms with E-state index in [9.17, 15) is 34.5 Å². The molecule has 0 bridgehead atoms. The van der Waals surface area contributed by atoms with Crippen LogP contribution in [0.1, 0.15) is 61.3 Å². The van der Waals surface area contributed by atoms with Crippen molar-refractivity contribution in [3.8, 4) is 0 Å². The summed E-state index contributed by atoms with van der Waals surface area (Å²) in [5.74, 6) is -4.18. The van der Waals surface area contributed by atoms with Gasteiger partial charge in [-0.15, -0.1) is 0 Å². The Hall–Kier alpha value is -2.80. The van der Waals surface area contributed by atoms with E-state index in [2.05, 4.69) is 0 Å². The van der Waals surface area contributed by atoms with E-state index in [4.69, 9.17) is 23.7 Å². The number of epoxide rings is 1. The van der Waals surface area contributed by atoms with Gasteiger partial charge in [-0.3, -0.25) is 14.4 Å². The summed E-state index contributed by atoms with van der Waals surface area (Å²) in [6.45, 7) is 9.97. The first-order valence-corrected chi connectivity index (χ1v) is 13.4. The average Bonchev–Trinajstić information content (AvgIpc) is 3.43. The number of rotatable bonds is 5. The third-order valence-electron chi connectivity index (χ3n) is 8.79. The highest BCUT2D eigenvalue weighted by atomic mass is 16.7. The van der Waals surface area contributed by atoms with Gasteiger partial charge in [-0.25, -0.2) is 4.79 Å². The Morgan fingerprint density at radius 3 is 2.23 bits per heavy atom. The number of carbonyl (C=O) groups excluding carboxylic acids is 4. The minimum absolute atomic E-state index is 0.0588. The maximum Gasteiger partial charge on any atom is 0.342 e. The van der Waals surface area contributed by atoms with Crippen LogP contribution in [0, 0.1) is 11.3 Å². The predicted octanol–water partition coefficient (Wildman–Crippen LogP) is 0.640. The van der Waals surface area contributed by atoms with Gasteiger partial charge in [0.25, 0.3) is 0 Å². The third kappa shape index (κ3) is 4.36. The summed E-state index contributed by atoms with van der Waals surface area (Å²) in [6.07, 6.45) is -3.90. The van der Waals surface area contributed by atoms with Crippen molar-refractivity contribution in [2.24, 2.45) is 11.3 Å². The Morgan fingerprint density at radius 2 is 1.68 bits per heavy atom. The Bertz CT molecular complexity index is 1160. The Kier molecular flexibility index (Phi) is 7.49. The van der Waals surface area contributed by atoms with Crippen LogP contribution in [0.25, 0.3) is 0 Å². The van der Waals surface area contributed by atoms with Crippen molar-refractivity contribution in [3.05, 3.63) is 23.8 Å². The molecular weight excluding hydrogens is 528 g/mol. The van der Waals surface area contributed by atoms with E-state index in [1.165, 1.54) is 39.0 Å². The van der Waals surface area contributed by atoms with Crippen LogP contribution in [-0.2, 0) is 42.9 Å². The van der Waals surface area contributed by atoms with Gasteiger partial charge in [-0.2, -0.15) is 0 Å². The monoisotopic (exact) mass is 566 g/mol. The van der Waals surface area contributed by atoms with Crippen LogP contribution >= 0.6 is 0 Å². The molecule has 222 valence electrons. The number of hydrogen-bond acceptors (Lipinski definition) is 12. The quantitative estimate of drug-likeness (QED) is 0.183. The first-order chi connectivity index (χ1) is 18.5. The van der Waals surface area contributed by atoms with Crippen molar-refractivity contribution in [3.63, 3.8) is 0 Å². The zero-order valence-electron chi connectivity index (χ0n) is 23.7. The smallest absolute Gasteiger partial charge is 0.342 e. The van der Waals surface area contributed by atoms with Crippen LogP contribution in [0.15, 0.2) is 23.8 Å². The largest absolute Gasteiger partial charge is 0.459 e. The highest BCUT2D eigenvalue weighted by Crippen LogP contribution is 2.65. The van der Waals surface area contributed by atoms with Gasteiger partial charge in [0.05, 0.1) is 6.10 Å². The zero-order valence-corrected chi connectivity index (χ0v) is 23.7. The number of ether oxygens (including phenoxy) is 5. The molecule has 0 aromatic heterocycles. The van der Waals surface area contributed by atoms with E-state index in [0.29, 0.717) is 6.42 Å². The number of fused-ring (bicyclic) bond motifs is 1. The molecule has 0 amide bonds. The number of aliphatic hydroxyl groups is 3. The summed E-state index contributed by atoms with van der Waals surface area (Å²) in [6, 6.07) is 0. The topological polar surface area (TPSA) is 178 Å². The summed E-state index contributed by atoms with van der Waals surface area (Å²) >= 11 is 0. The maximum atomic E-state index is 13.1. The molecule has 12 nitrogen and oxygen atoms in total. The van der Waals surface area contributed by atoms with E-state index >= 15 is 0 Å². The van der Waals surface area contributed by atoms with E-state index in [1.807, 2.05) is 0 Å². The van der Waals surface area contributed by atoms with Crippen molar-refractivity contribution in [2.75, 3.05) is 0 Å². The summed E-state index contributed by atoms with van der Waals surface area (Å²) in [7, 11) is 0. The van der Waals surface area contributed by atoms with Crippen molar-refractivity contribution < 1.29 is 58.2 Å². The normalized spacial score (nSPS) is 46.9. The van der Waals surface area contributed by atoms with Crippen LogP contribution in [0.5, 0.6) is 0 Å². The summed E-state index contributed by atoms with van der Waals surface area (Å²) in [4.78, 5) is 50.1.